The van der Waals surface area contributed by atoms with Crippen LogP contribution in [-0.2, 0) is 6.54 Å². The number of amides is 2. The average molecular weight is 418 g/mol. The van der Waals surface area contributed by atoms with Crippen molar-refractivity contribution in [1.29, 1.82) is 0 Å². The highest BCUT2D eigenvalue weighted by Gasteiger charge is 2.05. The summed E-state index contributed by atoms with van der Waals surface area (Å²) in [6, 6.07) is 13.2. The van der Waals surface area contributed by atoms with E-state index in [1.54, 1.807) is 18.2 Å². The van der Waals surface area contributed by atoms with E-state index in [0.717, 1.165) is 9.13 Å². The van der Waals surface area contributed by atoms with E-state index >= 15 is 0 Å². The Morgan fingerprint density at radius 2 is 1.91 bits per heavy atom. The maximum absolute atomic E-state index is 12.0. The molecular weight excluding hydrogens is 405 g/mol. The van der Waals surface area contributed by atoms with Crippen molar-refractivity contribution in [3.63, 3.8) is 0 Å². The van der Waals surface area contributed by atoms with E-state index in [1.165, 1.54) is 12.1 Å². The smallest absolute Gasteiger partial charge is 0.387 e. The fourth-order valence-electron chi connectivity index (χ4n) is 1.71. The quantitative estimate of drug-likeness (QED) is 0.715. The summed E-state index contributed by atoms with van der Waals surface area (Å²) in [6.45, 7) is -2.56. The van der Waals surface area contributed by atoms with Gasteiger partial charge in [-0.3, -0.25) is 0 Å². The molecule has 4 nitrogen and oxygen atoms in total. The van der Waals surface area contributed by atoms with Crippen LogP contribution in [0.15, 0.2) is 48.5 Å². The molecule has 0 bridgehead atoms. The number of alkyl halides is 2. The van der Waals surface area contributed by atoms with Crippen LogP contribution in [0.5, 0.6) is 5.75 Å². The zero-order valence-corrected chi connectivity index (χ0v) is 13.5. The fraction of sp³-hybridized carbons (Fsp3) is 0.133. The number of carbonyl (C=O) groups is 1. The molecule has 0 spiro atoms. The molecule has 0 aliphatic rings. The van der Waals surface area contributed by atoms with Crippen molar-refractivity contribution in [3.05, 3.63) is 57.7 Å². The van der Waals surface area contributed by atoms with Crippen molar-refractivity contribution in [1.82, 2.24) is 5.32 Å². The Labute approximate surface area is 140 Å². The Bertz CT molecular complexity index is 636. The summed E-state index contributed by atoms with van der Waals surface area (Å²) in [4.78, 5) is 11.8. The molecule has 0 aromatic heterocycles. The summed E-state index contributed by atoms with van der Waals surface area (Å²) in [7, 11) is 0. The van der Waals surface area contributed by atoms with Crippen molar-refractivity contribution < 1.29 is 18.3 Å². The predicted molar refractivity (Wildman–Crippen MR) is 88.1 cm³/mol. The van der Waals surface area contributed by atoms with Crippen LogP contribution in [0.3, 0.4) is 0 Å². The number of carbonyl (C=O) groups excluding carboxylic acids is 1. The lowest BCUT2D eigenvalue weighted by atomic mass is 10.2. The van der Waals surface area contributed by atoms with E-state index in [4.69, 9.17) is 0 Å². The summed E-state index contributed by atoms with van der Waals surface area (Å²) in [5.74, 6) is 0.0852. The molecule has 0 fully saturated rings. The number of anilines is 1. The normalized spacial score (nSPS) is 10.4. The predicted octanol–water partition coefficient (Wildman–Crippen LogP) is 4.21. The zero-order chi connectivity index (χ0) is 15.9. The van der Waals surface area contributed by atoms with E-state index in [9.17, 15) is 13.6 Å². The van der Waals surface area contributed by atoms with Gasteiger partial charge in [0.25, 0.3) is 0 Å². The van der Waals surface area contributed by atoms with Gasteiger partial charge in [-0.1, -0.05) is 18.2 Å². The Morgan fingerprint density at radius 1 is 1.18 bits per heavy atom. The summed E-state index contributed by atoms with van der Waals surface area (Å²) in [5, 5.41) is 5.40. The average Bonchev–Trinajstić information content (AvgIpc) is 2.46. The van der Waals surface area contributed by atoms with E-state index in [1.807, 2.05) is 18.2 Å². The number of hydrogen-bond acceptors (Lipinski definition) is 2. The van der Waals surface area contributed by atoms with Gasteiger partial charge in [0.1, 0.15) is 5.75 Å². The molecule has 0 unspecified atom stereocenters. The third-order valence-corrected chi connectivity index (χ3v) is 3.36. The lowest BCUT2D eigenvalue weighted by molar-refractivity contribution is -0.0498. The minimum atomic E-state index is -2.84. The van der Waals surface area contributed by atoms with Crippen molar-refractivity contribution in [3.8, 4) is 5.75 Å². The number of hydrogen-bond donors (Lipinski definition) is 2. The Kier molecular flexibility index (Phi) is 5.93. The van der Waals surface area contributed by atoms with E-state index in [2.05, 4.69) is 38.0 Å². The van der Waals surface area contributed by atoms with Gasteiger partial charge in [-0.05, 0) is 58.5 Å². The zero-order valence-electron chi connectivity index (χ0n) is 11.4. The van der Waals surface area contributed by atoms with Gasteiger partial charge in [0.15, 0.2) is 0 Å². The molecule has 0 saturated heterocycles. The molecule has 0 heterocycles. The van der Waals surface area contributed by atoms with Gasteiger partial charge in [-0.2, -0.15) is 8.78 Å². The molecule has 2 rings (SSSR count). The lowest BCUT2D eigenvalue weighted by Gasteiger charge is -2.09. The monoisotopic (exact) mass is 418 g/mol. The van der Waals surface area contributed by atoms with Crippen molar-refractivity contribution >= 4 is 34.3 Å². The van der Waals surface area contributed by atoms with Crippen LogP contribution in [0.4, 0.5) is 19.3 Å². The third kappa shape index (κ3) is 5.47. The Morgan fingerprint density at radius 3 is 2.55 bits per heavy atom. The summed E-state index contributed by atoms with van der Waals surface area (Å²) < 4.78 is 29.3. The van der Waals surface area contributed by atoms with Gasteiger partial charge in [0.2, 0.25) is 0 Å². The molecule has 7 heteroatoms. The minimum Gasteiger partial charge on any atom is -0.435 e. The van der Waals surface area contributed by atoms with Crippen LogP contribution >= 0.6 is 22.6 Å². The first-order chi connectivity index (χ1) is 10.5. The lowest BCUT2D eigenvalue weighted by Crippen LogP contribution is -2.28. The number of benzene rings is 2. The molecular formula is C15H13F2IN2O2. The SMILES string of the molecule is O=C(NCc1ccc(OC(F)F)cc1)Nc1cccc(I)c1. The van der Waals surface area contributed by atoms with Crippen LogP contribution in [0, 0.1) is 3.57 Å². The molecule has 2 aromatic rings. The van der Waals surface area contributed by atoms with Crippen molar-refractivity contribution in [2.75, 3.05) is 5.32 Å². The van der Waals surface area contributed by atoms with Crippen LogP contribution in [0.25, 0.3) is 0 Å². The fourth-order valence-corrected chi connectivity index (χ4v) is 2.26. The number of halogens is 3. The van der Waals surface area contributed by atoms with Crippen molar-refractivity contribution in [2.24, 2.45) is 0 Å². The maximum Gasteiger partial charge on any atom is 0.387 e. The first-order valence-electron chi connectivity index (χ1n) is 6.37. The molecule has 0 radical (unpaired) electrons. The van der Waals surface area contributed by atoms with Gasteiger partial charge in [0.05, 0.1) is 0 Å². The van der Waals surface area contributed by atoms with E-state index < -0.39 is 6.61 Å². The first-order valence-corrected chi connectivity index (χ1v) is 7.45. The highest BCUT2D eigenvalue weighted by atomic mass is 127. The second-order valence-corrected chi connectivity index (χ2v) is 5.59. The number of nitrogens with one attached hydrogen (secondary N) is 2. The maximum atomic E-state index is 12.0. The molecule has 2 aromatic carbocycles. The minimum absolute atomic E-state index is 0.0852. The molecule has 0 aliphatic carbocycles. The summed E-state index contributed by atoms with van der Waals surface area (Å²) in [5.41, 5.74) is 1.48. The molecule has 2 N–H and O–H groups in total. The molecule has 0 aliphatic heterocycles. The van der Waals surface area contributed by atoms with Crippen molar-refractivity contribution in [2.45, 2.75) is 13.2 Å². The molecule has 0 saturated carbocycles. The van der Waals surface area contributed by atoms with Gasteiger partial charge in [-0.15, -0.1) is 0 Å². The highest BCUT2D eigenvalue weighted by molar-refractivity contribution is 14.1. The Hall–Kier alpha value is -1.90. The first kappa shape index (κ1) is 16.5. The van der Waals surface area contributed by atoms with Crippen LogP contribution in [-0.4, -0.2) is 12.6 Å². The Balaban J connectivity index is 1.83. The van der Waals surface area contributed by atoms with E-state index in [0.29, 0.717) is 5.69 Å². The number of rotatable bonds is 5. The summed E-state index contributed by atoms with van der Waals surface area (Å²) >= 11 is 2.16. The summed E-state index contributed by atoms with van der Waals surface area (Å²) in [6.07, 6.45) is 0. The topological polar surface area (TPSA) is 50.4 Å². The molecule has 0 atom stereocenters. The second kappa shape index (κ2) is 7.92. The van der Waals surface area contributed by atoms with Gasteiger partial charge in [-0.25, -0.2) is 4.79 Å². The number of urea groups is 1. The third-order valence-electron chi connectivity index (χ3n) is 2.68. The van der Waals surface area contributed by atoms with Gasteiger partial charge in [0, 0.05) is 15.8 Å². The van der Waals surface area contributed by atoms with Crippen LogP contribution in [0.2, 0.25) is 0 Å². The number of ether oxygens (including phenoxy) is 1. The van der Waals surface area contributed by atoms with Crippen LogP contribution in [0.1, 0.15) is 5.56 Å². The second-order valence-electron chi connectivity index (χ2n) is 4.34. The van der Waals surface area contributed by atoms with Gasteiger partial charge < -0.3 is 15.4 Å². The van der Waals surface area contributed by atoms with E-state index in [-0.39, 0.29) is 18.3 Å². The molecule has 116 valence electrons. The largest absolute Gasteiger partial charge is 0.435 e. The molecule has 22 heavy (non-hydrogen) atoms. The van der Waals surface area contributed by atoms with Crippen LogP contribution < -0.4 is 15.4 Å². The standard InChI is InChI=1S/C15H13F2IN2O2/c16-14(17)22-13-6-4-10(5-7-13)9-19-15(21)20-12-3-1-2-11(18)8-12/h1-8,14H,9H2,(H2,19,20,21). The van der Waals surface area contributed by atoms with Gasteiger partial charge >= 0.3 is 12.6 Å². The molecule has 2 amide bonds. The highest BCUT2D eigenvalue weighted by Crippen LogP contribution is 2.15.